The normalized spacial score (nSPS) is 13.3. The highest BCUT2D eigenvalue weighted by Crippen LogP contribution is 2.32. The second-order valence-electron chi connectivity index (χ2n) is 7.62. The number of amides is 1. The summed E-state index contributed by atoms with van der Waals surface area (Å²) >= 11 is 1.32. The van der Waals surface area contributed by atoms with E-state index >= 15 is 0 Å². The molecule has 11 heteroatoms. The van der Waals surface area contributed by atoms with Crippen molar-refractivity contribution in [1.29, 1.82) is 5.41 Å². The van der Waals surface area contributed by atoms with E-state index in [0.717, 1.165) is 35.8 Å². The van der Waals surface area contributed by atoms with Gasteiger partial charge >= 0.3 is 0 Å². The molecule has 0 aliphatic carbocycles. The maximum absolute atomic E-state index is 14.2. The van der Waals surface area contributed by atoms with Gasteiger partial charge in [-0.05, 0) is 42.7 Å². The molecule has 1 aromatic heterocycles. The number of halogens is 1. The first kappa shape index (κ1) is 23.2. The molecule has 9 nitrogen and oxygen atoms in total. The Balaban J connectivity index is 1.49. The highest BCUT2D eigenvalue weighted by molar-refractivity contribution is 7.19. The molecule has 0 unspecified atom stereocenters. The zero-order valence-electron chi connectivity index (χ0n) is 18.4. The van der Waals surface area contributed by atoms with Gasteiger partial charge in [-0.15, -0.1) is 0 Å². The highest BCUT2D eigenvalue weighted by Gasteiger charge is 2.17. The maximum Gasteiger partial charge on any atom is 0.257 e. The number of guanidine groups is 1. The molecule has 5 N–H and O–H groups in total. The number of thiazole rings is 1. The van der Waals surface area contributed by atoms with Crippen LogP contribution in [-0.2, 0) is 0 Å². The number of nitrogens with zero attached hydrogens (tertiary/aromatic N) is 3. The van der Waals surface area contributed by atoms with Crippen molar-refractivity contribution >= 4 is 40.2 Å². The van der Waals surface area contributed by atoms with Crippen LogP contribution in [0.1, 0.15) is 28.8 Å². The first-order valence-electron chi connectivity index (χ1n) is 10.6. The fraction of sp³-hybridized carbons (Fsp3) is 0.217. The Bertz CT molecular complexity index is 1240. The first-order valence-corrected chi connectivity index (χ1v) is 11.5. The van der Waals surface area contributed by atoms with Gasteiger partial charge in [-0.25, -0.2) is 14.8 Å². The summed E-state index contributed by atoms with van der Waals surface area (Å²) in [6.45, 7) is 2.11. The lowest BCUT2D eigenvalue weighted by molar-refractivity contribution is 0.102. The summed E-state index contributed by atoms with van der Waals surface area (Å²) in [5, 5.41) is 26.7. The summed E-state index contributed by atoms with van der Waals surface area (Å²) in [5.74, 6) is -2.27. The number of hydrogen-bond donors (Lipinski definition) is 5. The fourth-order valence-electron chi connectivity index (χ4n) is 3.54. The Kier molecular flexibility index (Phi) is 7.02. The molecule has 1 amide bonds. The monoisotopic (exact) mass is 481 g/mol. The molecule has 0 saturated carbocycles. The summed E-state index contributed by atoms with van der Waals surface area (Å²) in [5.41, 5.74) is 4.51. The second-order valence-corrected chi connectivity index (χ2v) is 8.65. The summed E-state index contributed by atoms with van der Waals surface area (Å²) in [6, 6.07) is 10.5. The minimum Gasteiger partial charge on any atom is -0.504 e. The number of nitrogens with one attached hydrogen (secondary N) is 4. The smallest absolute Gasteiger partial charge is 0.257 e. The van der Waals surface area contributed by atoms with Gasteiger partial charge in [0.05, 0.1) is 11.1 Å². The van der Waals surface area contributed by atoms with Crippen LogP contribution < -0.4 is 21.0 Å². The lowest BCUT2D eigenvalue weighted by Crippen LogP contribution is -2.29. The third kappa shape index (κ3) is 5.31. The van der Waals surface area contributed by atoms with Crippen LogP contribution in [-0.4, -0.2) is 48.3 Å². The van der Waals surface area contributed by atoms with Gasteiger partial charge in [0.25, 0.3) is 5.91 Å². The average Bonchev–Trinajstić information content (AvgIpc) is 3.54. The number of aromatic nitrogens is 1. The number of benzene rings is 2. The number of aromatic hydroxyl groups is 1. The van der Waals surface area contributed by atoms with Crippen molar-refractivity contribution in [3.63, 3.8) is 0 Å². The molecule has 2 aromatic carbocycles. The van der Waals surface area contributed by atoms with E-state index in [9.17, 15) is 14.3 Å². The Labute approximate surface area is 199 Å². The molecule has 1 aliphatic heterocycles. The predicted molar refractivity (Wildman–Crippen MR) is 133 cm³/mol. The van der Waals surface area contributed by atoms with Gasteiger partial charge in [-0.2, -0.15) is 5.10 Å². The van der Waals surface area contributed by atoms with Crippen LogP contribution in [0.4, 0.5) is 15.2 Å². The lowest BCUT2D eigenvalue weighted by Gasteiger charge is -2.18. The van der Waals surface area contributed by atoms with Crippen LogP contribution >= 0.6 is 11.3 Å². The van der Waals surface area contributed by atoms with E-state index in [4.69, 9.17) is 5.41 Å². The van der Waals surface area contributed by atoms with Crippen LogP contribution in [0.2, 0.25) is 0 Å². The van der Waals surface area contributed by atoms with Crippen LogP contribution in [0.15, 0.2) is 47.7 Å². The number of hydrogen-bond acceptors (Lipinski definition) is 7. The van der Waals surface area contributed by atoms with E-state index in [2.05, 4.69) is 43.2 Å². The van der Waals surface area contributed by atoms with E-state index < -0.39 is 17.5 Å². The number of carbonyl (C=O) groups excluding carboxylic acids is 1. The van der Waals surface area contributed by atoms with Crippen molar-refractivity contribution in [3.05, 3.63) is 59.5 Å². The number of rotatable bonds is 6. The Morgan fingerprint density at radius 3 is 2.85 bits per heavy atom. The quantitative estimate of drug-likeness (QED) is 0.208. The Morgan fingerprint density at radius 1 is 1.29 bits per heavy atom. The molecule has 4 rings (SSSR count). The molecule has 34 heavy (non-hydrogen) atoms. The zero-order chi connectivity index (χ0) is 24.1. The highest BCUT2D eigenvalue weighted by atomic mass is 32.1. The Hall–Kier alpha value is -3.99. The molecule has 3 aromatic rings. The van der Waals surface area contributed by atoms with Gasteiger partial charge in [-0.3, -0.25) is 15.5 Å². The standard InChI is InChI=1S/C23H24FN7O2S/c1-26-22(25)30-28-12-16-9-15(11-18(24)20(16)32)21(33)29-23-27-13-19(34-23)14-5-4-6-17(10-14)31-7-2-3-8-31/h4-6,9-13,32H,2-3,7-8H2,1H3,(H3,25,26,30)(H,27,29,33)/b28-12+. The van der Waals surface area contributed by atoms with Crippen LogP contribution in [0.3, 0.4) is 0 Å². The lowest BCUT2D eigenvalue weighted by atomic mass is 10.1. The SMILES string of the molecule is CNC(=N)N/N=C/c1cc(C(=O)Nc2ncc(-c3cccc(N4CCCC4)c3)s2)cc(F)c1O. The number of phenolic OH excluding ortho intramolecular Hbond substituents is 1. The van der Waals surface area contributed by atoms with Gasteiger partial charge in [-0.1, -0.05) is 23.5 Å². The number of carbonyl (C=O) groups is 1. The topological polar surface area (TPSA) is 126 Å². The molecular formula is C23H24FN7O2S. The van der Waals surface area contributed by atoms with E-state index in [-0.39, 0.29) is 17.1 Å². The molecule has 2 heterocycles. The average molecular weight is 482 g/mol. The van der Waals surface area contributed by atoms with Gasteiger partial charge in [0, 0.05) is 43.1 Å². The van der Waals surface area contributed by atoms with E-state index in [0.29, 0.717) is 5.13 Å². The van der Waals surface area contributed by atoms with E-state index in [1.54, 1.807) is 6.20 Å². The molecule has 1 fully saturated rings. The summed E-state index contributed by atoms with van der Waals surface area (Å²) in [6.07, 6.45) is 5.21. The largest absolute Gasteiger partial charge is 0.504 e. The van der Waals surface area contributed by atoms with Gasteiger partial charge in [0.2, 0.25) is 5.96 Å². The minimum absolute atomic E-state index is 0.00627. The van der Waals surface area contributed by atoms with Crippen molar-refractivity contribution in [2.24, 2.45) is 5.10 Å². The summed E-state index contributed by atoms with van der Waals surface area (Å²) in [4.78, 5) is 20.3. The molecule has 0 spiro atoms. The molecule has 0 atom stereocenters. The Morgan fingerprint density at radius 2 is 2.09 bits per heavy atom. The number of phenols is 1. The van der Waals surface area contributed by atoms with E-state index in [1.807, 2.05) is 12.1 Å². The predicted octanol–water partition coefficient (Wildman–Crippen LogP) is 3.58. The summed E-state index contributed by atoms with van der Waals surface area (Å²) < 4.78 is 14.2. The molecule has 176 valence electrons. The fourth-order valence-corrected chi connectivity index (χ4v) is 4.35. The minimum atomic E-state index is -0.962. The summed E-state index contributed by atoms with van der Waals surface area (Å²) in [7, 11) is 1.53. The zero-order valence-corrected chi connectivity index (χ0v) is 19.2. The van der Waals surface area contributed by atoms with Crippen molar-refractivity contribution in [2.45, 2.75) is 12.8 Å². The molecule has 0 radical (unpaired) electrons. The molecule has 1 saturated heterocycles. The third-order valence-corrected chi connectivity index (χ3v) is 6.27. The number of anilines is 2. The van der Waals surface area contributed by atoms with Crippen molar-refractivity contribution in [1.82, 2.24) is 15.7 Å². The van der Waals surface area contributed by atoms with Crippen molar-refractivity contribution in [3.8, 4) is 16.2 Å². The van der Waals surface area contributed by atoms with Gasteiger partial charge in [0.15, 0.2) is 16.7 Å². The van der Waals surface area contributed by atoms with Gasteiger partial charge < -0.3 is 15.3 Å². The molecule has 1 aliphatic rings. The van der Waals surface area contributed by atoms with Crippen LogP contribution in [0.5, 0.6) is 5.75 Å². The molecule has 0 bridgehead atoms. The van der Waals surface area contributed by atoms with Crippen LogP contribution in [0, 0.1) is 11.2 Å². The third-order valence-electron chi connectivity index (χ3n) is 5.31. The van der Waals surface area contributed by atoms with Crippen molar-refractivity contribution < 1.29 is 14.3 Å². The van der Waals surface area contributed by atoms with Gasteiger partial charge in [0.1, 0.15) is 0 Å². The van der Waals surface area contributed by atoms with E-state index in [1.165, 1.54) is 43.0 Å². The maximum atomic E-state index is 14.2. The van der Waals surface area contributed by atoms with Crippen molar-refractivity contribution in [2.75, 3.05) is 30.4 Å². The second kappa shape index (κ2) is 10.3. The first-order chi connectivity index (χ1) is 16.4. The molecular weight excluding hydrogens is 457 g/mol. The van der Waals surface area contributed by atoms with Crippen LogP contribution in [0.25, 0.3) is 10.4 Å². The number of hydrazone groups is 1.